The summed E-state index contributed by atoms with van der Waals surface area (Å²) in [6, 6.07) is 10.4. The molecule has 2 aromatic rings. The minimum atomic E-state index is -1.14. The zero-order chi connectivity index (χ0) is 20.8. The van der Waals surface area contributed by atoms with Crippen molar-refractivity contribution in [1.82, 2.24) is 9.88 Å². The first-order chi connectivity index (χ1) is 14.0. The second-order valence-corrected chi connectivity index (χ2v) is 6.93. The highest BCUT2D eigenvalue weighted by Gasteiger charge is 2.30. The molecule has 8 heteroatoms. The fourth-order valence-electron chi connectivity index (χ4n) is 3.45. The van der Waals surface area contributed by atoms with Crippen LogP contribution in [0.25, 0.3) is 0 Å². The van der Waals surface area contributed by atoms with Crippen LogP contribution in [-0.2, 0) is 11.4 Å². The summed E-state index contributed by atoms with van der Waals surface area (Å²) >= 11 is 0. The molecule has 1 unspecified atom stereocenters. The van der Waals surface area contributed by atoms with Gasteiger partial charge in [0.2, 0.25) is 5.88 Å². The van der Waals surface area contributed by atoms with E-state index in [0.29, 0.717) is 37.4 Å². The number of piperidine rings is 1. The number of aliphatic carboxylic acids is 1. The number of carboxylic acids is 1. The minimum Gasteiger partial charge on any atom is -0.480 e. The van der Waals surface area contributed by atoms with Crippen LogP contribution in [0.3, 0.4) is 0 Å². The number of benzene rings is 1. The number of hydrogen-bond acceptors (Lipinski definition) is 5. The molecule has 0 amide bonds. The fourth-order valence-corrected chi connectivity index (χ4v) is 3.45. The van der Waals surface area contributed by atoms with E-state index >= 15 is 0 Å². The third-order valence-electron chi connectivity index (χ3n) is 5.12. The molecule has 1 aliphatic heterocycles. The van der Waals surface area contributed by atoms with Crippen LogP contribution in [0.1, 0.15) is 35.6 Å². The maximum Gasteiger partial charge on any atom is 0.323 e. The van der Waals surface area contributed by atoms with Crippen molar-refractivity contribution in [3.05, 3.63) is 59.0 Å². The molecule has 0 aliphatic carbocycles. The number of ether oxygens (including phenoxy) is 1. The number of alkyl halides is 1. The number of pyridine rings is 1. The summed E-state index contributed by atoms with van der Waals surface area (Å²) < 4.78 is 32.6. The molecule has 6 nitrogen and oxygen atoms in total. The predicted octanol–water partition coefficient (Wildman–Crippen LogP) is 3.27. The molecule has 152 valence electrons. The van der Waals surface area contributed by atoms with E-state index in [4.69, 9.17) is 15.1 Å². The van der Waals surface area contributed by atoms with E-state index in [-0.39, 0.29) is 18.1 Å². The van der Waals surface area contributed by atoms with Gasteiger partial charge in [0.1, 0.15) is 25.1 Å². The molecule has 2 heterocycles. The van der Waals surface area contributed by atoms with Crippen molar-refractivity contribution >= 4 is 5.97 Å². The molecule has 29 heavy (non-hydrogen) atoms. The number of rotatable bonds is 7. The molecule has 1 saturated heterocycles. The summed E-state index contributed by atoms with van der Waals surface area (Å²) in [7, 11) is 0. The van der Waals surface area contributed by atoms with E-state index in [1.165, 1.54) is 12.1 Å². The number of hydrogen-bond donors (Lipinski definition) is 1. The lowest BCUT2D eigenvalue weighted by Gasteiger charge is -2.34. The quantitative estimate of drug-likeness (QED) is 0.766. The maximum absolute atomic E-state index is 14.0. The van der Waals surface area contributed by atoms with Crippen LogP contribution in [0.15, 0.2) is 36.4 Å². The Labute approximate surface area is 167 Å². The van der Waals surface area contributed by atoms with E-state index in [1.54, 1.807) is 17.0 Å². The first-order valence-electron chi connectivity index (χ1n) is 9.33. The lowest BCUT2D eigenvalue weighted by molar-refractivity contribution is -0.144. The number of carboxylic acid groups (broad SMARTS) is 1. The van der Waals surface area contributed by atoms with Crippen molar-refractivity contribution in [2.75, 3.05) is 19.8 Å². The van der Waals surface area contributed by atoms with Gasteiger partial charge in [0.25, 0.3) is 0 Å². The van der Waals surface area contributed by atoms with Crippen LogP contribution < -0.4 is 4.74 Å². The Morgan fingerprint density at radius 1 is 1.34 bits per heavy atom. The minimum absolute atomic E-state index is 0.0107. The van der Waals surface area contributed by atoms with E-state index in [9.17, 15) is 13.6 Å². The molecule has 0 radical (unpaired) electrons. The smallest absolute Gasteiger partial charge is 0.323 e. The molecule has 1 N–H and O–H groups in total. The third kappa shape index (κ3) is 5.06. The fraction of sp³-hybridized carbons (Fsp3) is 0.381. The summed E-state index contributed by atoms with van der Waals surface area (Å²) in [5.41, 5.74) is 1.39. The molecular formula is C21H21F2N3O3. The molecular weight excluding hydrogens is 380 g/mol. The van der Waals surface area contributed by atoms with E-state index in [2.05, 4.69) is 4.98 Å². The van der Waals surface area contributed by atoms with Crippen molar-refractivity contribution < 1.29 is 23.4 Å². The van der Waals surface area contributed by atoms with Gasteiger partial charge in [0.15, 0.2) is 0 Å². The van der Waals surface area contributed by atoms with Crippen LogP contribution >= 0.6 is 0 Å². The monoisotopic (exact) mass is 401 g/mol. The topological polar surface area (TPSA) is 86.5 Å². The molecule has 1 aromatic carbocycles. The van der Waals surface area contributed by atoms with Gasteiger partial charge in [-0.25, -0.2) is 13.8 Å². The van der Waals surface area contributed by atoms with Gasteiger partial charge in [-0.2, -0.15) is 5.26 Å². The van der Waals surface area contributed by atoms with Gasteiger partial charge in [-0.3, -0.25) is 9.69 Å². The highest BCUT2D eigenvalue weighted by atomic mass is 19.1. The number of likely N-dealkylation sites (tertiary alicyclic amines) is 1. The Bertz CT molecular complexity index is 908. The zero-order valence-corrected chi connectivity index (χ0v) is 15.7. The lowest BCUT2D eigenvalue weighted by Crippen LogP contribution is -2.46. The van der Waals surface area contributed by atoms with Gasteiger partial charge in [-0.15, -0.1) is 0 Å². The lowest BCUT2D eigenvalue weighted by atomic mass is 9.92. The first kappa shape index (κ1) is 20.7. The van der Waals surface area contributed by atoms with E-state index < -0.39 is 24.5 Å². The Balaban J connectivity index is 1.60. The Morgan fingerprint density at radius 3 is 2.72 bits per heavy atom. The van der Waals surface area contributed by atoms with Crippen molar-refractivity contribution in [2.24, 2.45) is 0 Å². The number of aromatic nitrogens is 1. The van der Waals surface area contributed by atoms with Crippen molar-refractivity contribution in [1.29, 1.82) is 5.26 Å². The normalized spacial score (nSPS) is 16.2. The van der Waals surface area contributed by atoms with Crippen LogP contribution in [0.5, 0.6) is 5.88 Å². The SMILES string of the molecule is N#Cc1ccc(COc2cccc(C3CCN(C(CF)C(=O)O)CC3)n2)c(F)c1. The molecule has 1 aromatic heterocycles. The highest BCUT2D eigenvalue weighted by Crippen LogP contribution is 2.29. The van der Waals surface area contributed by atoms with Gasteiger partial charge >= 0.3 is 5.97 Å². The number of halogens is 2. The molecule has 1 aliphatic rings. The number of nitriles is 1. The summed E-state index contributed by atoms with van der Waals surface area (Å²) in [5.74, 6) is -1.17. The summed E-state index contributed by atoms with van der Waals surface area (Å²) in [5, 5.41) is 17.9. The van der Waals surface area contributed by atoms with Crippen LogP contribution in [0, 0.1) is 17.1 Å². The van der Waals surface area contributed by atoms with Crippen molar-refractivity contribution in [3.63, 3.8) is 0 Å². The highest BCUT2D eigenvalue weighted by molar-refractivity contribution is 5.73. The summed E-state index contributed by atoms with van der Waals surface area (Å²) in [6.45, 7) is 0.0419. The molecule has 0 saturated carbocycles. The molecule has 3 rings (SSSR count). The van der Waals surface area contributed by atoms with Gasteiger partial charge < -0.3 is 9.84 Å². The molecule has 0 spiro atoms. The molecule has 0 bridgehead atoms. The van der Waals surface area contributed by atoms with Crippen LogP contribution in [0.2, 0.25) is 0 Å². The van der Waals surface area contributed by atoms with Gasteiger partial charge in [-0.05, 0) is 44.1 Å². The van der Waals surface area contributed by atoms with Crippen molar-refractivity contribution in [3.8, 4) is 11.9 Å². The maximum atomic E-state index is 14.0. The first-order valence-corrected chi connectivity index (χ1v) is 9.33. The average molecular weight is 401 g/mol. The Hall–Kier alpha value is -3.05. The van der Waals surface area contributed by atoms with E-state index in [1.807, 2.05) is 12.1 Å². The van der Waals surface area contributed by atoms with Crippen LogP contribution in [-0.4, -0.2) is 46.8 Å². The second-order valence-electron chi connectivity index (χ2n) is 6.93. The third-order valence-corrected chi connectivity index (χ3v) is 5.12. The molecule has 1 fully saturated rings. The number of carbonyl (C=O) groups is 1. The van der Waals surface area contributed by atoms with Crippen molar-refractivity contribution in [2.45, 2.75) is 31.4 Å². The Kier molecular flexibility index (Phi) is 6.73. The standard InChI is InChI=1S/C21H21F2N3O3/c22-11-19(21(27)28)26-8-6-15(7-9-26)18-2-1-3-20(25-18)29-13-16-5-4-14(12-24)10-17(16)23/h1-5,10,15,19H,6-9,11,13H2,(H,27,28). The van der Waals surface area contributed by atoms with Gasteiger partial charge in [-0.1, -0.05) is 12.1 Å². The Morgan fingerprint density at radius 2 is 2.10 bits per heavy atom. The van der Waals surface area contributed by atoms with Gasteiger partial charge in [0, 0.05) is 23.2 Å². The summed E-state index contributed by atoms with van der Waals surface area (Å²) in [6.07, 6.45) is 1.34. The van der Waals surface area contributed by atoms with E-state index in [0.717, 1.165) is 11.8 Å². The number of nitrogens with zero attached hydrogens (tertiary/aromatic N) is 3. The van der Waals surface area contributed by atoms with Gasteiger partial charge in [0.05, 0.1) is 11.6 Å². The predicted molar refractivity (Wildman–Crippen MR) is 101 cm³/mol. The molecule has 1 atom stereocenters. The average Bonchev–Trinajstić information content (AvgIpc) is 2.74. The largest absolute Gasteiger partial charge is 0.480 e. The van der Waals surface area contributed by atoms with Crippen LogP contribution in [0.4, 0.5) is 8.78 Å². The zero-order valence-electron chi connectivity index (χ0n) is 15.7. The summed E-state index contributed by atoms with van der Waals surface area (Å²) in [4.78, 5) is 17.3. The second kappa shape index (κ2) is 9.43.